The number of carbonyl (C=O) groups excluding carboxylic acids is 1. The van der Waals surface area contributed by atoms with E-state index in [1.165, 1.54) is 11.9 Å². The largest absolute Gasteiger partial charge is 0.497 e. The van der Waals surface area contributed by atoms with Crippen LogP contribution in [-0.2, 0) is 9.59 Å². The maximum atomic E-state index is 12.2. The van der Waals surface area contributed by atoms with Crippen LogP contribution >= 0.6 is 12.2 Å². The lowest BCUT2D eigenvalue weighted by Gasteiger charge is -2.27. The Morgan fingerprint density at radius 1 is 1.27 bits per heavy atom. The zero-order valence-electron chi connectivity index (χ0n) is 15.6. The lowest BCUT2D eigenvalue weighted by molar-refractivity contribution is -0.151. The normalized spacial score (nSPS) is 11.6. The number of hydrogen-bond acceptors (Lipinski definition) is 4. The van der Waals surface area contributed by atoms with E-state index >= 15 is 0 Å². The molecule has 1 aromatic carbocycles. The number of amides is 1. The fraction of sp³-hybridized carbons (Fsp3) is 0.500. The number of thiocarbonyl (C=S) groups is 1. The molecule has 0 saturated heterocycles. The summed E-state index contributed by atoms with van der Waals surface area (Å²) in [6.07, 6.45) is 0.809. The van der Waals surface area contributed by atoms with Crippen molar-refractivity contribution in [3.8, 4) is 5.75 Å². The van der Waals surface area contributed by atoms with E-state index in [2.05, 4.69) is 10.6 Å². The van der Waals surface area contributed by atoms with Crippen molar-refractivity contribution in [2.45, 2.75) is 32.7 Å². The number of rotatable bonds is 9. The van der Waals surface area contributed by atoms with Crippen LogP contribution in [-0.4, -0.2) is 53.7 Å². The van der Waals surface area contributed by atoms with Gasteiger partial charge in [0.1, 0.15) is 11.8 Å². The van der Waals surface area contributed by atoms with Crippen molar-refractivity contribution in [1.82, 2.24) is 10.2 Å². The fourth-order valence-electron chi connectivity index (χ4n) is 2.52. The van der Waals surface area contributed by atoms with Gasteiger partial charge in [-0.05, 0) is 48.8 Å². The molecule has 1 atom stereocenters. The van der Waals surface area contributed by atoms with Crippen LogP contribution in [0.4, 0.5) is 5.69 Å². The van der Waals surface area contributed by atoms with Gasteiger partial charge in [-0.3, -0.25) is 4.79 Å². The molecule has 0 aliphatic rings. The van der Waals surface area contributed by atoms with E-state index in [-0.39, 0.29) is 18.2 Å². The molecule has 1 amide bonds. The fourth-order valence-corrected chi connectivity index (χ4v) is 2.74. The molecule has 0 fully saturated rings. The van der Waals surface area contributed by atoms with E-state index in [9.17, 15) is 14.7 Å². The molecule has 0 aromatic heterocycles. The van der Waals surface area contributed by atoms with E-state index in [4.69, 9.17) is 17.0 Å². The summed E-state index contributed by atoms with van der Waals surface area (Å²) in [5.74, 6) is -0.570. The second-order valence-corrected chi connectivity index (χ2v) is 6.65. The summed E-state index contributed by atoms with van der Waals surface area (Å²) in [5.41, 5.74) is 0.834. The number of carboxylic acids is 1. The Balaban J connectivity index is 2.35. The van der Waals surface area contributed by atoms with Crippen LogP contribution in [0.5, 0.6) is 5.75 Å². The van der Waals surface area contributed by atoms with E-state index in [1.54, 1.807) is 21.0 Å². The summed E-state index contributed by atoms with van der Waals surface area (Å²) in [6, 6.07) is 6.54. The molecule has 0 bridgehead atoms. The van der Waals surface area contributed by atoms with Gasteiger partial charge in [0.25, 0.3) is 0 Å². The van der Waals surface area contributed by atoms with Gasteiger partial charge in [0.15, 0.2) is 5.11 Å². The second-order valence-electron chi connectivity index (χ2n) is 6.24. The second kappa shape index (κ2) is 10.6. The number of carboxylic acid groups (broad SMARTS) is 1. The lowest BCUT2D eigenvalue weighted by Crippen LogP contribution is -2.45. The minimum Gasteiger partial charge on any atom is -0.497 e. The molecule has 7 nitrogen and oxygen atoms in total. The van der Waals surface area contributed by atoms with Gasteiger partial charge in [-0.1, -0.05) is 13.8 Å². The molecule has 0 unspecified atom stereocenters. The van der Waals surface area contributed by atoms with Gasteiger partial charge in [0.2, 0.25) is 5.91 Å². The standard InChI is InChI=1S/C18H27N3O4S/c1-12(2)16(17(23)24)21(3)15(22)6-5-11-19-18(26)20-13-7-9-14(25-4)10-8-13/h7-10,12,16H,5-6,11H2,1-4H3,(H,23,24)(H2,19,20,26)/t16-/m0/s1. The van der Waals surface area contributed by atoms with Gasteiger partial charge in [0, 0.05) is 25.7 Å². The summed E-state index contributed by atoms with van der Waals surface area (Å²) in [5, 5.41) is 15.8. The number of carbonyl (C=O) groups is 2. The molecule has 8 heteroatoms. The molecular weight excluding hydrogens is 354 g/mol. The molecule has 0 saturated carbocycles. The van der Waals surface area contributed by atoms with E-state index in [0.29, 0.717) is 18.1 Å². The number of anilines is 1. The number of likely N-dealkylation sites (N-methyl/N-ethyl adjacent to an activating group) is 1. The first-order valence-electron chi connectivity index (χ1n) is 8.43. The Hall–Kier alpha value is -2.35. The van der Waals surface area contributed by atoms with Crippen molar-refractivity contribution >= 4 is 34.9 Å². The number of aliphatic carboxylic acids is 1. The van der Waals surface area contributed by atoms with Gasteiger partial charge in [-0.25, -0.2) is 4.79 Å². The molecule has 144 valence electrons. The first-order valence-corrected chi connectivity index (χ1v) is 8.84. The highest BCUT2D eigenvalue weighted by Gasteiger charge is 2.28. The van der Waals surface area contributed by atoms with Gasteiger partial charge in [-0.2, -0.15) is 0 Å². The van der Waals surface area contributed by atoms with E-state index in [0.717, 1.165) is 11.4 Å². The molecule has 0 radical (unpaired) electrons. The first-order chi connectivity index (χ1) is 12.3. The number of hydrogen-bond donors (Lipinski definition) is 3. The third-order valence-electron chi connectivity index (χ3n) is 3.90. The molecule has 0 spiro atoms. The quantitative estimate of drug-likeness (QED) is 0.447. The van der Waals surface area contributed by atoms with E-state index < -0.39 is 12.0 Å². The Labute approximate surface area is 159 Å². The summed E-state index contributed by atoms with van der Waals surface area (Å²) < 4.78 is 5.09. The minimum atomic E-state index is -0.987. The van der Waals surface area contributed by atoms with Crippen molar-refractivity contribution < 1.29 is 19.4 Å². The van der Waals surface area contributed by atoms with Crippen LogP contribution in [0.1, 0.15) is 26.7 Å². The van der Waals surface area contributed by atoms with Crippen LogP contribution in [0, 0.1) is 5.92 Å². The molecule has 3 N–H and O–H groups in total. The average Bonchev–Trinajstić information content (AvgIpc) is 2.58. The van der Waals surface area contributed by atoms with Crippen molar-refractivity contribution in [2.75, 3.05) is 26.0 Å². The van der Waals surface area contributed by atoms with Crippen molar-refractivity contribution in [2.24, 2.45) is 5.92 Å². The van der Waals surface area contributed by atoms with Crippen LogP contribution in [0.25, 0.3) is 0 Å². The average molecular weight is 381 g/mol. The highest BCUT2D eigenvalue weighted by atomic mass is 32.1. The first kappa shape index (κ1) is 21.7. The molecule has 26 heavy (non-hydrogen) atoms. The Bertz CT molecular complexity index is 619. The summed E-state index contributed by atoms with van der Waals surface area (Å²) in [7, 11) is 3.14. The molecule has 0 aliphatic heterocycles. The maximum absolute atomic E-state index is 12.2. The third-order valence-corrected chi connectivity index (χ3v) is 4.14. The molecule has 0 aliphatic carbocycles. The van der Waals surface area contributed by atoms with Crippen molar-refractivity contribution in [3.63, 3.8) is 0 Å². The minimum absolute atomic E-state index is 0.152. The third kappa shape index (κ3) is 6.87. The molecular formula is C18H27N3O4S. The monoisotopic (exact) mass is 381 g/mol. The van der Waals surface area contributed by atoms with Gasteiger partial charge < -0.3 is 25.4 Å². The predicted octanol–water partition coefficient (Wildman–Crippen LogP) is 2.33. The van der Waals surface area contributed by atoms with Crippen LogP contribution in [0.3, 0.4) is 0 Å². The summed E-state index contributed by atoms with van der Waals surface area (Å²) in [4.78, 5) is 24.8. The smallest absolute Gasteiger partial charge is 0.326 e. The van der Waals surface area contributed by atoms with Crippen LogP contribution in [0.15, 0.2) is 24.3 Å². The number of methoxy groups -OCH3 is 1. The Morgan fingerprint density at radius 3 is 2.38 bits per heavy atom. The Kier molecular flexibility index (Phi) is 8.84. The van der Waals surface area contributed by atoms with Gasteiger partial charge >= 0.3 is 5.97 Å². The SMILES string of the molecule is COc1ccc(NC(=S)NCCCC(=O)N(C)[C@H](C(=O)O)C(C)C)cc1. The summed E-state index contributed by atoms with van der Waals surface area (Å²) in [6.45, 7) is 4.09. The summed E-state index contributed by atoms with van der Waals surface area (Å²) >= 11 is 5.21. The zero-order valence-corrected chi connectivity index (χ0v) is 16.4. The van der Waals surface area contributed by atoms with Gasteiger partial charge in [0.05, 0.1) is 7.11 Å². The van der Waals surface area contributed by atoms with Crippen molar-refractivity contribution in [1.29, 1.82) is 0 Å². The number of ether oxygens (including phenoxy) is 1. The highest BCUT2D eigenvalue weighted by Crippen LogP contribution is 2.15. The van der Waals surface area contributed by atoms with Crippen molar-refractivity contribution in [3.05, 3.63) is 24.3 Å². The van der Waals surface area contributed by atoms with E-state index in [1.807, 2.05) is 24.3 Å². The number of nitrogens with one attached hydrogen (secondary N) is 2. The van der Waals surface area contributed by atoms with Crippen LogP contribution < -0.4 is 15.4 Å². The maximum Gasteiger partial charge on any atom is 0.326 e. The van der Waals surface area contributed by atoms with Gasteiger partial charge in [-0.15, -0.1) is 0 Å². The highest BCUT2D eigenvalue weighted by molar-refractivity contribution is 7.80. The Morgan fingerprint density at radius 2 is 1.88 bits per heavy atom. The number of benzene rings is 1. The zero-order chi connectivity index (χ0) is 19.7. The lowest BCUT2D eigenvalue weighted by atomic mass is 10.0. The molecule has 1 rings (SSSR count). The predicted molar refractivity (Wildman–Crippen MR) is 105 cm³/mol. The molecule has 0 heterocycles. The topological polar surface area (TPSA) is 90.9 Å². The van der Waals surface area contributed by atoms with Crippen LogP contribution in [0.2, 0.25) is 0 Å². The number of nitrogens with zero attached hydrogens (tertiary/aromatic N) is 1. The molecule has 1 aromatic rings.